The third-order valence-corrected chi connectivity index (χ3v) is 5.86. The molecular weight excluding hydrogens is 364 g/mol. The summed E-state index contributed by atoms with van der Waals surface area (Å²) >= 11 is 0. The molecule has 5 heteroatoms. The minimum atomic E-state index is -0.214. The molecule has 29 heavy (non-hydrogen) atoms. The van der Waals surface area contributed by atoms with Crippen LogP contribution in [0.4, 0.5) is 5.69 Å². The topological polar surface area (TPSA) is 65.7 Å². The number of hydrogen-bond donors (Lipinski definition) is 2. The molecule has 1 amide bonds. The van der Waals surface area contributed by atoms with Gasteiger partial charge in [-0.25, -0.2) is 0 Å². The van der Waals surface area contributed by atoms with Gasteiger partial charge < -0.3 is 14.8 Å². The van der Waals surface area contributed by atoms with Crippen molar-refractivity contribution < 1.29 is 14.3 Å². The van der Waals surface area contributed by atoms with Crippen LogP contribution in [-0.2, 0) is 6.54 Å². The Bertz CT molecular complexity index is 1050. The van der Waals surface area contributed by atoms with Crippen molar-refractivity contribution in [2.75, 3.05) is 18.4 Å². The molecule has 1 aromatic heterocycles. The van der Waals surface area contributed by atoms with Gasteiger partial charge in [0.15, 0.2) is 0 Å². The first-order valence-electron chi connectivity index (χ1n) is 10.3. The van der Waals surface area contributed by atoms with Gasteiger partial charge in [-0.15, -0.1) is 0 Å². The van der Waals surface area contributed by atoms with Gasteiger partial charge in [0, 0.05) is 29.7 Å². The number of fused-ring (bicyclic) bond motifs is 1. The van der Waals surface area contributed by atoms with E-state index in [9.17, 15) is 9.90 Å². The molecule has 3 aromatic rings. The highest BCUT2D eigenvalue weighted by Crippen LogP contribution is 2.36. The number of rotatable bonds is 4. The number of phenolic OH excluding ortho intramolecular Hbond substituents is 1. The van der Waals surface area contributed by atoms with E-state index < -0.39 is 0 Å². The summed E-state index contributed by atoms with van der Waals surface area (Å²) in [6.45, 7) is 8.63. The lowest BCUT2D eigenvalue weighted by atomic mass is 9.98. The number of para-hydroxylation sites is 1. The summed E-state index contributed by atoms with van der Waals surface area (Å²) in [6.07, 6.45) is 2.39. The van der Waals surface area contributed by atoms with E-state index in [1.165, 1.54) is 6.42 Å². The van der Waals surface area contributed by atoms with Crippen LogP contribution < -0.4 is 5.32 Å². The number of aromatic hydroxyl groups is 1. The average Bonchev–Trinajstić information content (AvgIpc) is 3.02. The van der Waals surface area contributed by atoms with Crippen molar-refractivity contribution in [1.29, 1.82) is 0 Å². The Morgan fingerprint density at radius 1 is 1.24 bits per heavy atom. The van der Waals surface area contributed by atoms with Gasteiger partial charge in [0.1, 0.15) is 17.1 Å². The molecule has 0 radical (unpaired) electrons. The largest absolute Gasteiger partial charge is 0.508 e. The maximum absolute atomic E-state index is 13.2. The number of aryl methyl sites for hydroxylation is 2. The Labute approximate surface area is 171 Å². The highest BCUT2D eigenvalue weighted by Gasteiger charge is 2.25. The Kier molecular flexibility index (Phi) is 5.33. The minimum Gasteiger partial charge on any atom is -0.508 e. The van der Waals surface area contributed by atoms with Gasteiger partial charge in [-0.1, -0.05) is 25.1 Å². The highest BCUT2D eigenvalue weighted by atomic mass is 16.3. The van der Waals surface area contributed by atoms with Crippen LogP contribution in [0.2, 0.25) is 0 Å². The first-order chi connectivity index (χ1) is 13.9. The zero-order valence-corrected chi connectivity index (χ0v) is 17.3. The lowest BCUT2D eigenvalue weighted by molar-refractivity contribution is 0.102. The fraction of sp³-hybridized carbons (Fsp3) is 0.375. The maximum Gasteiger partial charge on any atom is 0.259 e. The van der Waals surface area contributed by atoms with Gasteiger partial charge in [-0.05, 0) is 62.9 Å². The van der Waals surface area contributed by atoms with Crippen molar-refractivity contribution >= 4 is 22.6 Å². The fourth-order valence-corrected chi connectivity index (χ4v) is 4.35. The molecule has 1 saturated heterocycles. The first-order valence-corrected chi connectivity index (χ1v) is 10.3. The fourth-order valence-electron chi connectivity index (χ4n) is 4.35. The smallest absolute Gasteiger partial charge is 0.259 e. The molecule has 0 aliphatic carbocycles. The van der Waals surface area contributed by atoms with E-state index in [1.807, 2.05) is 31.2 Å². The lowest BCUT2D eigenvalue weighted by Crippen LogP contribution is -2.33. The average molecular weight is 392 g/mol. The van der Waals surface area contributed by atoms with Crippen LogP contribution in [0.3, 0.4) is 0 Å². The number of anilines is 1. The quantitative estimate of drug-likeness (QED) is 0.637. The molecule has 1 aliphatic rings. The Morgan fingerprint density at radius 3 is 2.79 bits per heavy atom. The van der Waals surface area contributed by atoms with Gasteiger partial charge >= 0.3 is 0 Å². The number of likely N-dealkylation sites (tertiary alicyclic amines) is 1. The second-order valence-electron chi connectivity index (χ2n) is 8.22. The maximum atomic E-state index is 13.2. The van der Waals surface area contributed by atoms with Crippen LogP contribution in [0.5, 0.6) is 5.75 Å². The molecule has 2 aromatic carbocycles. The highest BCUT2D eigenvalue weighted by molar-refractivity contribution is 6.14. The second kappa shape index (κ2) is 7.91. The van der Waals surface area contributed by atoms with Crippen molar-refractivity contribution in [1.82, 2.24) is 4.90 Å². The number of phenols is 1. The summed E-state index contributed by atoms with van der Waals surface area (Å²) in [5.74, 6) is 1.20. The summed E-state index contributed by atoms with van der Waals surface area (Å²) in [4.78, 5) is 15.6. The van der Waals surface area contributed by atoms with Crippen molar-refractivity contribution in [2.45, 2.75) is 40.2 Å². The molecular formula is C24H28N2O3. The molecule has 4 rings (SSSR count). The van der Waals surface area contributed by atoms with Crippen LogP contribution in [0, 0.1) is 19.8 Å². The summed E-state index contributed by atoms with van der Waals surface area (Å²) in [5.41, 5.74) is 3.67. The normalized spacial score (nSPS) is 17.6. The number of nitrogens with one attached hydrogen (secondary N) is 1. The van der Waals surface area contributed by atoms with Gasteiger partial charge in [0.25, 0.3) is 5.91 Å². The van der Waals surface area contributed by atoms with Gasteiger partial charge in [-0.2, -0.15) is 0 Å². The minimum absolute atomic E-state index is 0.210. The van der Waals surface area contributed by atoms with E-state index in [-0.39, 0.29) is 11.7 Å². The summed E-state index contributed by atoms with van der Waals surface area (Å²) < 4.78 is 5.90. The Balaban J connectivity index is 1.74. The molecule has 0 unspecified atom stereocenters. The van der Waals surface area contributed by atoms with Gasteiger partial charge in [0.05, 0.1) is 5.56 Å². The standard InChI is InChI=1S/C24H28N2O3/c1-15-7-6-12-26(13-15)14-18-20(27)10-11-21-23(18)22(17(3)29-21)24(28)25-19-9-5-4-8-16(19)2/h4-5,8-11,15,27H,6-7,12-14H2,1-3H3,(H,25,28)/t15-/m0/s1. The van der Waals surface area contributed by atoms with E-state index in [2.05, 4.69) is 17.1 Å². The first kappa shape index (κ1) is 19.5. The van der Waals surface area contributed by atoms with Crippen LogP contribution in [0.15, 0.2) is 40.8 Å². The summed E-state index contributed by atoms with van der Waals surface area (Å²) in [5, 5.41) is 14.4. The third kappa shape index (κ3) is 3.87. The molecule has 5 nitrogen and oxygen atoms in total. The van der Waals surface area contributed by atoms with E-state index in [0.29, 0.717) is 34.8 Å². The van der Waals surface area contributed by atoms with Gasteiger partial charge in [-0.3, -0.25) is 9.69 Å². The lowest BCUT2D eigenvalue weighted by Gasteiger charge is -2.31. The van der Waals surface area contributed by atoms with Crippen molar-refractivity contribution in [3.63, 3.8) is 0 Å². The predicted molar refractivity (Wildman–Crippen MR) is 115 cm³/mol. The third-order valence-electron chi connectivity index (χ3n) is 5.86. The molecule has 2 heterocycles. The number of carbonyl (C=O) groups is 1. The molecule has 1 aliphatic heterocycles. The number of hydrogen-bond acceptors (Lipinski definition) is 4. The zero-order valence-electron chi connectivity index (χ0n) is 17.3. The predicted octanol–water partition coefficient (Wildman–Crippen LogP) is 5.24. The Morgan fingerprint density at radius 2 is 2.03 bits per heavy atom. The van der Waals surface area contributed by atoms with E-state index in [0.717, 1.165) is 36.3 Å². The molecule has 2 N–H and O–H groups in total. The molecule has 1 fully saturated rings. The van der Waals surface area contributed by atoms with Crippen molar-refractivity contribution in [2.24, 2.45) is 5.92 Å². The van der Waals surface area contributed by atoms with Crippen LogP contribution >= 0.6 is 0 Å². The number of carbonyl (C=O) groups excluding carboxylic acids is 1. The van der Waals surface area contributed by atoms with Crippen molar-refractivity contribution in [3.8, 4) is 5.75 Å². The number of furan rings is 1. The summed E-state index contributed by atoms with van der Waals surface area (Å²) in [7, 11) is 0. The van der Waals surface area contributed by atoms with Crippen LogP contribution in [0.1, 0.15) is 47.0 Å². The van der Waals surface area contributed by atoms with Crippen LogP contribution in [-0.4, -0.2) is 29.0 Å². The number of nitrogens with zero attached hydrogens (tertiary/aromatic N) is 1. The monoisotopic (exact) mass is 392 g/mol. The van der Waals surface area contributed by atoms with E-state index in [4.69, 9.17) is 4.42 Å². The molecule has 1 atom stereocenters. The van der Waals surface area contributed by atoms with Crippen LogP contribution in [0.25, 0.3) is 11.0 Å². The zero-order chi connectivity index (χ0) is 20.5. The Hall–Kier alpha value is -2.79. The second-order valence-corrected chi connectivity index (χ2v) is 8.22. The van der Waals surface area contributed by atoms with Gasteiger partial charge in [0.2, 0.25) is 0 Å². The number of benzene rings is 2. The molecule has 152 valence electrons. The molecule has 0 spiro atoms. The van der Waals surface area contributed by atoms with E-state index in [1.54, 1.807) is 19.1 Å². The molecule has 0 bridgehead atoms. The van der Waals surface area contributed by atoms with Crippen molar-refractivity contribution in [3.05, 3.63) is 58.8 Å². The summed E-state index contributed by atoms with van der Waals surface area (Å²) in [6, 6.07) is 11.1. The van der Waals surface area contributed by atoms with E-state index >= 15 is 0 Å². The molecule has 0 saturated carbocycles. The number of amides is 1. The number of piperidine rings is 1. The SMILES string of the molecule is Cc1ccccc1NC(=O)c1c(C)oc2ccc(O)c(CN3CCC[C@H](C)C3)c12.